The van der Waals surface area contributed by atoms with E-state index in [4.69, 9.17) is 0 Å². The largest absolute Gasteiger partial charge is 0.506 e. The molecule has 2 N–H and O–H groups in total. The maximum atomic E-state index is 9.71. The van der Waals surface area contributed by atoms with Crippen LogP contribution in [0.1, 0.15) is 18.9 Å². The van der Waals surface area contributed by atoms with Crippen molar-refractivity contribution in [2.75, 3.05) is 0 Å². The van der Waals surface area contributed by atoms with Crippen LogP contribution in [0.15, 0.2) is 22.7 Å². The molecular formula is C11H14BrNO. The van der Waals surface area contributed by atoms with Crippen molar-refractivity contribution in [1.82, 2.24) is 5.32 Å². The Morgan fingerprint density at radius 1 is 1.57 bits per heavy atom. The van der Waals surface area contributed by atoms with E-state index in [1.165, 1.54) is 6.42 Å². The Kier molecular flexibility index (Phi) is 2.79. The van der Waals surface area contributed by atoms with E-state index in [2.05, 4.69) is 28.2 Å². The second-order valence-electron chi connectivity index (χ2n) is 3.95. The molecule has 1 saturated carbocycles. The molecular weight excluding hydrogens is 242 g/mol. The Morgan fingerprint density at radius 3 is 2.93 bits per heavy atom. The molecule has 1 aliphatic carbocycles. The average molecular weight is 256 g/mol. The first-order valence-electron chi connectivity index (χ1n) is 4.88. The van der Waals surface area contributed by atoms with Gasteiger partial charge in [-0.2, -0.15) is 0 Å². The van der Waals surface area contributed by atoms with Gasteiger partial charge in [0.2, 0.25) is 0 Å². The molecule has 0 radical (unpaired) electrons. The number of halogens is 1. The van der Waals surface area contributed by atoms with Crippen molar-refractivity contribution < 1.29 is 5.11 Å². The molecule has 0 aliphatic heterocycles. The van der Waals surface area contributed by atoms with E-state index in [1.54, 1.807) is 0 Å². The highest BCUT2D eigenvalue weighted by Crippen LogP contribution is 2.31. The fourth-order valence-corrected chi connectivity index (χ4v) is 1.96. The molecule has 0 amide bonds. The number of phenolic OH excluding ortho intramolecular Hbond substituents is 1. The van der Waals surface area contributed by atoms with Crippen LogP contribution in [0.5, 0.6) is 5.75 Å². The topological polar surface area (TPSA) is 32.3 Å². The average Bonchev–Trinajstić information content (AvgIpc) is 2.85. The number of hydrogen-bond acceptors (Lipinski definition) is 2. The first-order valence-corrected chi connectivity index (χ1v) is 5.67. The third-order valence-corrected chi connectivity index (χ3v) is 3.37. The lowest BCUT2D eigenvalue weighted by Crippen LogP contribution is -2.17. The van der Waals surface area contributed by atoms with E-state index in [1.807, 2.05) is 18.2 Å². The Labute approximate surface area is 92.5 Å². The van der Waals surface area contributed by atoms with Crippen molar-refractivity contribution in [2.45, 2.75) is 25.9 Å². The minimum atomic E-state index is 0.355. The van der Waals surface area contributed by atoms with Crippen LogP contribution in [-0.4, -0.2) is 11.1 Å². The Hall–Kier alpha value is -0.540. The highest BCUT2D eigenvalue weighted by Gasteiger charge is 2.31. The van der Waals surface area contributed by atoms with Crippen molar-refractivity contribution in [2.24, 2.45) is 5.92 Å². The van der Waals surface area contributed by atoms with Crippen LogP contribution in [0.2, 0.25) is 0 Å². The third-order valence-electron chi connectivity index (χ3n) is 2.73. The Balaban J connectivity index is 1.98. The van der Waals surface area contributed by atoms with Crippen LogP contribution >= 0.6 is 15.9 Å². The van der Waals surface area contributed by atoms with Crippen molar-refractivity contribution in [3.05, 3.63) is 28.2 Å². The number of hydrogen-bond donors (Lipinski definition) is 2. The van der Waals surface area contributed by atoms with Gasteiger partial charge in [0.25, 0.3) is 0 Å². The lowest BCUT2D eigenvalue weighted by Gasteiger charge is -2.07. The monoisotopic (exact) mass is 255 g/mol. The first-order chi connectivity index (χ1) is 6.68. The fraction of sp³-hybridized carbons (Fsp3) is 0.455. The van der Waals surface area contributed by atoms with Crippen molar-refractivity contribution in [3.63, 3.8) is 0 Å². The van der Waals surface area contributed by atoms with Crippen LogP contribution < -0.4 is 5.32 Å². The van der Waals surface area contributed by atoms with Gasteiger partial charge in [0.05, 0.1) is 4.47 Å². The summed E-state index contributed by atoms with van der Waals surface area (Å²) in [6, 6.07) is 6.38. The molecule has 1 aromatic rings. The molecule has 2 unspecified atom stereocenters. The maximum Gasteiger partial charge on any atom is 0.134 e. The summed E-state index contributed by atoms with van der Waals surface area (Å²) in [5, 5.41) is 13.1. The zero-order chi connectivity index (χ0) is 10.1. The van der Waals surface area contributed by atoms with Gasteiger partial charge >= 0.3 is 0 Å². The zero-order valence-electron chi connectivity index (χ0n) is 8.13. The number of phenols is 1. The van der Waals surface area contributed by atoms with E-state index in [-0.39, 0.29) is 0 Å². The molecule has 14 heavy (non-hydrogen) atoms. The van der Waals surface area contributed by atoms with Gasteiger partial charge in [0, 0.05) is 18.2 Å². The highest BCUT2D eigenvalue weighted by atomic mass is 79.9. The van der Waals surface area contributed by atoms with Crippen molar-refractivity contribution in [3.8, 4) is 5.75 Å². The summed E-state index contributed by atoms with van der Waals surface area (Å²) in [4.78, 5) is 0. The molecule has 2 atom stereocenters. The van der Waals surface area contributed by atoms with Crippen molar-refractivity contribution >= 4 is 15.9 Å². The molecule has 2 rings (SSSR count). The van der Waals surface area contributed by atoms with Gasteiger partial charge in [-0.05, 0) is 34.3 Å². The van der Waals surface area contributed by atoms with Crippen LogP contribution in [0.4, 0.5) is 0 Å². The summed E-state index contributed by atoms with van der Waals surface area (Å²) in [5.41, 5.74) is 0.957. The lowest BCUT2D eigenvalue weighted by molar-refractivity contribution is 0.460. The SMILES string of the molecule is CC1CC1NCc1cccc(Br)c1O. The smallest absolute Gasteiger partial charge is 0.134 e. The van der Waals surface area contributed by atoms with E-state index in [9.17, 15) is 5.11 Å². The number of aromatic hydroxyl groups is 1. The maximum absolute atomic E-state index is 9.71. The summed E-state index contributed by atoms with van der Waals surface area (Å²) in [5.74, 6) is 1.15. The number of rotatable bonds is 3. The molecule has 0 heterocycles. The predicted octanol–water partition coefficient (Wildman–Crippen LogP) is 2.65. The number of para-hydroxylation sites is 1. The molecule has 2 nitrogen and oxygen atoms in total. The number of nitrogens with one attached hydrogen (secondary N) is 1. The molecule has 0 aromatic heterocycles. The van der Waals surface area contributed by atoms with Gasteiger partial charge in [0.15, 0.2) is 0 Å². The molecule has 0 spiro atoms. The lowest BCUT2D eigenvalue weighted by atomic mass is 10.2. The fourth-order valence-electron chi connectivity index (χ4n) is 1.55. The van der Waals surface area contributed by atoms with Gasteiger partial charge in [0.1, 0.15) is 5.75 Å². The highest BCUT2D eigenvalue weighted by molar-refractivity contribution is 9.10. The predicted molar refractivity (Wildman–Crippen MR) is 60.2 cm³/mol. The van der Waals surface area contributed by atoms with E-state index >= 15 is 0 Å². The normalized spacial score (nSPS) is 25.0. The van der Waals surface area contributed by atoms with Gasteiger partial charge < -0.3 is 10.4 Å². The summed E-state index contributed by atoms with van der Waals surface area (Å²) >= 11 is 3.30. The second-order valence-corrected chi connectivity index (χ2v) is 4.80. The minimum Gasteiger partial charge on any atom is -0.506 e. The summed E-state index contributed by atoms with van der Waals surface area (Å²) in [6.07, 6.45) is 1.26. The molecule has 76 valence electrons. The van der Waals surface area contributed by atoms with E-state index < -0.39 is 0 Å². The van der Waals surface area contributed by atoms with Gasteiger partial charge in [-0.25, -0.2) is 0 Å². The van der Waals surface area contributed by atoms with Gasteiger partial charge in [-0.3, -0.25) is 0 Å². The van der Waals surface area contributed by atoms with Gasteiger partial charge in [-0.15, -0.1) is 0 Å². The molecule has 1 aliphatic rings. The first kappa shape index (κ1) is 9.99. The summed E-state index contributed by atoms with van der Waals surface area (Å²) < 4.78 is 0.764. The summed E-state index contributed by atoms with van der Waals surface area (Å²) in [7, 11) is 0. The Morgan fingerprint density at radius 2 is 2.29 bits per heavy atom. The summed E-state index contributed by atoms with van der Waals surface area (Å²) in [6.45, 7) is 2.98. The second kappa shape index (κ2) is 3.91. The Bertz CT molecular complexity index is 340. The van der Waals surface area contributed by atoms with E-state index in [0.29, 0.717) is 11.8 Å². The molecule has 0 bridgehead atoms. The van der Waals surface area contributed by atoms with Crippen LogP contribution in [-0.2, 0) is 6.54 Å². The molecule has 0 saturated heterocycles. The standard InChI is InChI=1S/C11H14BrNO/c1-7-5-10(7)13-6-8-3-2-4-9(12)11(8)14/h2-4,7,10,13-14H,5-6H2,1H3. The zero-order valence-corrected chi connectivity index (χ0v) is 9.71. The molecule has 1 aromatic carbocycles. The molecule has 1 fully saturated rings. The van der Waals surface area contributed by atoms with Gasteiger partial charge in [-0.1, -0.05) is 19.1 Å². The third kappa shape index (κ3) is 2.10. The van der Waals surface area contributed by atoms with Crippen LogP contribution in [0.25, 0.3) is 0 Å². The van der Waals surface area contributed by atoms with Crippen LogP contribution in [0.3, 0.4) is 0 Å². The quantitative estimate of drug-likeness (QED) is 0.871. The van der Waals surface area contributed by atoms with Crippen molar-refractivity contribution in [1.29, 1.82) is 0 Å². The molecule has 3 heteroatoms. The van der Waals surface area contributed by atoms with Crippen LogP contribution in [0, 0.1) is 5.92 Å². The number of benzene rings is 1. The minimum absolute atomic E-state index is 0.355. The van der Waals surface area contributed by atoms with E-state index in [0.717, 1.165) is 22.5 Å².